The van der Waals surface area contributed by atoms with Crippen molar-refractivity contribution >= 4 is 50.7 Å². The lowest BCUT2D eigenvalue weighted by atomic mass is 10.0. The summed E-state index contributed by atoms with van der Waals surface area (Å²) in [5.74, 6) is 0.580. The number of benzene rings is 1. The van der Waals surface area contributed by atoms with E-state index >= 15 is 0 Å². The van der Waals surface area contributed by atoms with Crippen molar-refractivity contribution in [3.05, 3.63) is 46.5 Å². The van der Waals surface area contributed by atoms with Gasteiger partial charge in [-0.15, -0.1) is 21.5 Å². The molecule has 0 saturated carbocycles. The van der Waals surface area contributed by atoms with Gasteiger partial charge in [-0.3, -0.25) is 9.20 Å². The maximum atomic E-state index is 12.1. The van der Waals surface area contributed by atoms with Gasteiger partial charge in [-0.05, 0) is 44.0 Å². The Kier molecular flexibility index (Phi) is 4.84. The number of thioether (sulfide) groups is 1. The monoisotopic (exact) mass is 397 g/mol. The molecule has 1 N–H and O–H groups in total. The molecule has 1 amide bonds. The van der Waals surface area contributed by atoms with Crippen LogP contribution in [0.25, 0.3) is 16.6 Å². The first kappa shape index (κ1) is 17.9. The van der Waals surface area contributed by atoms with Crippen molar-refractivity contribution in [3.63, 3.8) is 0 Å². The molecule has 138 valence electrons. The number of thiazole rings is 1. The van der Waals surface area contributed by atoms with E-state index in [4.69, 9.17) is 0 Å². The second kappa shape index (κ2) is 7.28. The number of hydrogen-bond acceptors (Lipinski definition) is 6. The van der Waals surface area contributed by atoms with Crippen molar-refractivity contribution in [2.75, 3.05) is 11.1 Å². The summed E-state index contributed by atoms with van der Waals surface area (Å²) in [6.07, 6.45) is 2.07. The molecule has 6 nitrogen and oxygen atoms in total. The second-order valence-corrected chi connectivity index (χ2v) is 8.42. The first-order valence-electron chi connectivity index (χ1n) is 8.61. The molecule has 3 aromatic heterocycles. The first-order chi connectivity index (χ1) is 13.0. The molecule has 0 unspecified atom stereocenters. The lowest BCUT2D eigenvalue weighted by Gasteiger charge is -2.11. The average Bonchev–Trinajstić information content (AvgIpc) is 3.25. The smallest absolute Gasteiger partial charge is 0.226 e. The minimum atomic E-state index is -0.0428. The van der Waals surface area contributed by atoms with Crippen LogP contribution in [0.15, 0.2) is 34.9 Å². The van der Waals surface area contributed by atoms with Crippen LogP contribution in [0.5, 0.6) is 0 Å². The van der Waals surface area contributed by atoms with Crippen LogP contribution >= 0.6 is 23.1 Å². The van der Waals surface area contributed by atoms with E-state index in [1.54, 1.807) is 18.0 Å². The third-order valence-electron chi connectivity index (χ3n) is 4.34. The first-order valence-corrected chi connectivity index (χ1v) is 10.5. The van der Waals surface area contributed by atoms with Crippen LogP contribution in [0.1, 0.15) is 23.1 Å². The highest BCUT2D eigenvalue weighted by Crippen LogP contribution is 2.29. The molecule has 27 heavy (non-hydrogen) atoms. The zero-order chi connectivity index (χ0) is 19.0. The van der Waals surface area contributed by atoms with E-state index in [2.05, 4.69) is 63.9 Å². The highest BCUT2D eigenvalue weighted by molar-refractivity contribution is 7.99. The SMILES string of the molecule is Cc1cc(C)c2c(c1)c(C)cc1nnc(SCCC(=O)Nc3nccs3)n12. The number of nitrogens with zero attached hydrogens (tertiary/aromatic N) is 4. The number of anilines is 1. The standard InChI is InChI=1S/C19H19N5OS2/c1-11-8-13(3)17-14(9-11)12(2)10-15-22-23-19(24(15)17)27-6-4-16(25)21-18-20-5-7-26-18/h5,7-10H,4,6H2,1-3H3,(H,20,21,25). The predicted molar refractivity (Wildman–Crippen MR) is 111 cm³/mol. The van der Waals surface area contributed by atoms with Crippen LogP contribution in [0.3, 0.4) is 0 Å². The Hall–Kier alpha value is -2.45. The van der Waals surface area contributed by atoms with Gasteiger partial charge in [0.1, 0.15) is 0 Å². The van der Waals surface area contributed by atoms with Crippen molar-refractivity contribution in [1.82, 2.24) is 19.6 Å². The summed E-state index contributed by atoms with van der Waals surface area (Å²) in [4.78, 5) is 16.1. The summed E-state index contributed by atoms with van der Waals surface area (Å²) in [6, 6.07) is 6.44. The third kappa shape index (κ3) is 3.54. The number of carbonyl (C=O) groups is 1. The van der Waals surface area contributed by atoms with Crippen molar-refractivity contribution in [3.8, 4) is 0 Å². The molecule has 0 aliphatic carbocycles. The lowest BCUT2D eigenvalue weighted by Crippen LogP contribution is -2.12. The van der Waals surface area contributed by atoms with E-state index in [0.717, 1.165) is 16.3 Å². The summed E-state index contributed by atoms with van der Waals surface area (Å²) in [6.45, 7) is 6.33. The van der Waals surface area contributed by atoms with E-state index in [1.807, 2.05) is 5.38 Å². The molecule has 0 atom stereocenters. The maximum absolute atomic E-state index is 12.1. The van der Waals surface area contributed by atoms with Gasteiger partial charge < -0.3 is 5.32 Å². The molecule has 0 saturated heterocycles. The van der Waals surface area contributed by atoms with E-state index in [9.17, 15) is 4.79 Å². The summed E-state index contributed by atoms with van der Waals surface area (Å²) in [5, 5.41) is 16.0. The molecule has 8 heteroatoms. The third-order valence-corrected chi connectivity index (χ3v) is 5.96. The van der Waals surface area contributed by atoms with E-state index in [1.165, 1.54) is 33.4 Å². The van der Waals surface area contributed by atoms with Gasteiger partial charge in [0.25, 0.3) is 0 Å². The fraction of sp³-hybridized carbons (Fsp3) is 0.263. The molecule has 1 aromatic carbocycles. The van der Waals surface area contributed by atoms with Crippen LogP contribution < -0.4 is 5.32 Å². The minimum absolute atomic E-state index is 0.0428. The van der Waals surface area contributed by atoms with Crippen molar-refractivity contribution in [1.29, 1.82) is 0 Å². The number of rotatable bonds is 5. The van der Waals surface area contributed by atoms with Crippen molar-refractivity contribution < 1.29 is 4.79 Å². The topological polar surface area (TPSA) is 72.2 Å². The summed E-state index contributed by atoms with van der Waals surface area (Å²) in [5.41, 5.74) is 5.60. The zero-order valence-electron chi connectivity index (χ0n) is 15.3. The molecule has 0 spiro atoms. The molecular weight excluding hydrogens is 378 g/mol. The van der Waals surface area contributed by atoms with Gasteiger partial charge in [0, 0.05) is 29.1 Å². The average molecular weight is 398 g/mol. The largest absolute Gasteiger partial charge is 0.302 e. The number of nitrogens with one attached hydrogen (secondary N) is 1. The molecule has 0 bridgehead atoms. The lowest BCUT2D eigenvalue weighted by molar-refractivity contribution is -0.115. The number of aryl methyl sites for hydroxylation is 3. The molecule has 3 heterocycles. The van der Waals surface area contributed by atoms with Gasteiger partial charge in [0.2, 0.25) is 5.91 Å². The van der Waals surface area contributed by atoms with Crippen LogP contribution in [0.2, 0.25) is 0 Å². The number of hydrogen-bond donors (Lipinski definition) is 1. The number of pyridine rings is 1. The van der Waals surface area contributed by atoms with Gasteiger partial charge in [-0.1, -0.05) is 23.4 Å². The number of carbonyl (C=O) groups excluding carboxylic acids is 1. The predicted octanol–water partition coefficient (Wildman–Crippen LogP) is 4.39. The Morgan fingerprint density at radius 2 is 2.04 bits per heavy atom. The van der Waals surface area contributed by atoms with E-state index in [0.29, 0.717) is 17.3 Å². The number of aromatic nitrogens is 4. The zero-order valence-corrected chi connectivity index (χ0v) is 16.9. The highest BCUT2D eigenvalue weighted by Gasteiger charge is 2.14. The molecule has 4 aromatic rings. The quantitative estimate of drug-likeness (QED) is 0.506. The fourth-order valence-electron chi connectivity index (χ4n) is 3.21. The van der Waals surface area contributed by atoms with Crippen molar-refractivity contribution in [2.24, 2.45) is 0 Å². The molecule has 4 rings (SSSR count). The Labute approximate surface area is 165 Å². The molecule has 0 fully saturated rings. The van der Waals surface area contributed by atoms with Gasteiger partial charge >= 0.3 is 0 Å². The van der Waals surface area contributed by atoms with Crippen LogP contribution in [-0.2, 0) is 4.79 Å². The van der Waals surface area contributed by atoms with Crippen LogP contribution in [0, 0.1) is 20.8 Å². The van der Waals surface area contributed by atoms with E-state index < -0.39 is 0 Å². The molecule has 0 aliphatic heterocycles. The second-order valence-electron chi connectivity index (χ2n) is 6.47. The minimum Gasteiger partial charge on any atom is -0.302 e. The Balaban J connectivity index is 1.59. The van der Waals surface area contributed by atoms with Gasteiger partial charge in [0.05, 0.1) is 5.52 Å². The van der Waals surface area contributed by atoms with Crippen LogP contribution in [-0.4, -0.2) is 31.2 Å². The summed E-state index contributed by atoms with van der Waals surface area (Å²) in [7, 11) is 0. The highest BCUT2D eigenvalue weighted by atomic mass is 32.2. The fourth-order valence-corrected chi connectivity index (χ4v) is 4.64. The van der Waals surface area contributed by atoms with Gasteiger partial charge in [-0.25, -0.2) is 4.98 Å². The molecule has 0 radical (unpaired) electrons. The normalized spacial score (nSPS) is 11.4. The van der Waals surface area contributed by atoms with Gasteiger partial charge in [0.15, 0.2) is 15.9 Å². The van der Waals surface area contributed by atoms with Crippen molar-refractivity contribution in [2.45, 2.75) is 32.3 Å². The van der Waals surface area contributed by atoms with Gasteiger partial charge in [-0.2, -0.15) is 0 Å². The van der Waals surface area contributed by atoms with E-state index in [-0.39, 0.29) is 5.91 Å². The maximum Gasteiger partial charge on any atom is 0.226 e. The summed E-state index contributed by atoms with van der Waals surface area (Å²) >= 11 is 2.96. The summed E-state index contributed by atoms with van der Waals surface area (Å²) < 4.78 is 2.10. The Morgan fingerprint density at radius 1 is 1.19 bits per heavy atom. The Morgan fingerprint density at radius 3 is 2.81 bits per heavy atom. The Bertz CT molecular complexity index is 1130. The molecule has 0 aliphatic rings. The number of amides is 1. The van der Waals surface area contributed by atoms with Crippen LogP contribution in [0.4, 0.5) is 5.13 Å². The molecular formula is C19H19N5OS2. The number of fused-ring (bicyclic) bond motifs is 3.